The summed E-state index contributed by atoms with van der Waals surface area (Å²) in [4.78, 5) is 7.14. The second-order valence-electron chi connectivity index (χ2n) is 5.53. The molecule has 0 unspecified atom stereocenters. The van der Waals surface area contributed by atoms with Gasteiger partial charge in [0, 0.05) is 25.7 Å². The molecule has 0 aromatic carbocycles. The van der Waals surface area contributed by atoms with Crippen LogP contribution in [0.2, 0.25) is 0 Å². The van der Waals surface area contributed by atoms with Gasteiger partial charge in [0.05, 0.1) is 6.26 Å². The zero-order chi connectivity index (χ0) is 14.9. The van der Waals surface area contributed by atoms with Gasteiger partial charge in [-0.15, -0.1) is 24.0 Å². The number of rotatable bonds is 6. The molecule has 6 heteroatoms. The topological polar surface area (TPSA) is 52.8 Å². The van der Waals surface area contributed by atoms with Crippen LogP contribution in [0.3, 0.4) is 0 Å². The van der Waals surface area contributed by atoms with E-state index in [1.807, 2.05) is 12.1 Å². The molecule has 1 fully saturated rings. The van der Waals surface area contributed by atoms with Crippen LogP contribution < -0.4 is 10.6 Å². The minimum Gasteiger partial charge on any atom is -0.467 e. The maximum Gasteiger partial charge on any atom is 0.191 e. The second-order valence-corrected chi connectivity index (χ2v) is 5.53. The molecule has 1 aromatic rings. The molecule has 0 atom stereocenters. The summed E-state index contributed by atoms with van der Waals surface area (Å²) in [7, 11) is 0. The Morgan fingerprint density at radius 3 is 2.73 bits per heavy atom. The molecule has 2 rings (SSSR count). The van der Waals surface area contributed by atoms with Crippen LogP contribution in [0.4, 0.5) is 0 Å². The molecule has 22 heavy (non-hydrogen) atoms. The first-order valence-electron chi connectivity index (χ1n) is 8.11. The molecule has 5 nitrogen and oxygen atoms in total. The molecule has 1 saturated heterocycles. The lowest BCUT2D eigenvalue weighted by Gasteiger charge is -2.32. The highest BCUT2D eigenvalue weighted by molar-refractivity contribution is 14.0. The molecule has 0 bridgehead atoms. The lowest BCUT2D eigenvalue weighted by Crippen LogP contribution is -2.48. The van der Waals surface area contributed by atoms with Gasteiger partial charge in [-0.3, -0.25) is 0 Å². The van der Waals surface area contributed by atoms with Crippen LogP contribution in [0.15, 0.2) is 27.8 Å². The molecule has 2 heterocycles. The summed E-state index contributed by atoms with van der Waals surface area (Å²) in [6, 6.07) is 4.37. The Balaban J connectivity index is 0.00000242. The number of nitrogens with zero attached hydrogens (tertiary/aromatic N) is 2. The number of hydrogen-bond acceptors (Lipinski definition) is 3. The van der Waals surface area contributed by atoms with E-state index in [1.165, 1.54) is 38.9 Å². The second kappa shape index (κ2) is 10.9. The van der Waals surface area contributed by atoms with Gasteiger partial charge in [0.1, 0.15) is 12.3 Å². The zero-order valence-corrected chi connectivity index (χ0v) is 16.0. The fourth-order valence-electron chi connectivity index (χ4n) is 2.69. The Labute approximate surface area is 150 Å². The Morgan fingerprint density at radius 2 is 2.14 bits per heavy atom. The van der Waals surface area contributed by atoms with E-state index in [-0.39, 0.29) is 24.0 Å². The predicted octanol–water partition coefficient (Wildman–Crippen LogP) is 2.83. The van der Waals surface area contributed by atoms with Crippen LogP contribution in [0.1, 0.15) is 38.9 Å². The van der Waals surface area contributed by atoms with Crippen molar-refractivity contribution in [3.63, 3.8) is 0 Å². The zero-order valence-electron chi connectivity index (χ0n) is 13.7. The summed E-state index contributed by atoms with van der Waals surface area (Å²) in [6.07, 6.45) is 5.30. The van der Waals surface area contributed by atoms with Crippen molar-refractivity contribution in [2.45, 2.75) is 45.7 Å². The van der Waals surface area contributed by atoms with E-state index in [0.29, 0.717) is 12.6 Å². The van der Waals surface area contributed by atoms with Crippen molar-refractivity contribution in [3.05, 3.63) is 24.2 Å². The van der Waals surface area contributed by atoms with E-state index in [4.69, 9.17) is 4.42 Å². The van der Waals surface area contributed by atoms with Crippen LogP contribution in [0.5, 0.6) is 0 Å². The molecule has 1 aliphatic heterocycles. The van der Waals surface area contributed by atoms with E-state index < -0.39 is 0 Å². The van der Waals surface area contributed by atoms with Gasteiger partial charge >= 0.3 is 0 Å². The van der Waals surface area contributed by atoms with Crippen LogP contribution in [0, 0.1) is 0 Å². The molecule has 0 radical (unpaired) electrons. The molecule has 2 N–H and O–H groups in total. The highest BCUT2D eigenvalue weighted by atomic mass is 127. The van der Waals surface area contributed by atoms with Crippen molar-refractivity contribution in [3.8, 4) is 0 Å². The normalized spacial score (nSPS) is 17.1. The van der Waals surface area contributed by atoms with Gasteiger partial charge in [0.2, 0.25) is 0 Å². The van der Waals surface area contributed by atoms with Gasteiger partial charge in [-0.2, -0.15) is 0 Å². The third kappa shape index (κ3) is 6.56. The molecule has 1 aromatic heterocycles. The fraction of sp³-hybridized carbons (Fsp3) is 0.688. The van der Waals surface area contributed by atoms with Gasteiger partial charge in [-0.1, -0.05) is 6.92 Å². The van der Waals surface area contributed by atoms with E-state index in [0.717, 1.165) is 18.3 Å². The summed E-state index contributed by atoms with van der Waals surface area (Å²) < 4.78 is 5.32. The Morgan fingerprint density at radius 1 is 1.36 bits per heavy atom. The molecular weight excluding hydrogens is 391 g/mol. The Kier molecular flexibility index (Phi) is 9.54. The van der Waals surface area contributed by atoms with Crippen LogP contribution in [-0.2, 0) is 6.54 Å². The number of guanidine groups is 1. The van der Waals surface area contributed by atoms with Crippen molar-refractivity contribution in [2.24, 2.45) is 4.99 Å². The fourth-order valence-corrected chi connectivity index (χ4v) is 2.69. The summed E-state index contributed by atoms with van der Waals surface area (Å²) in [6.45, 7) is 9.38. The number of likely N-dealkylation sites (tertiary alicyclic amines) is 1. The molecular formula is C16H29IN4O. The Hall–Kier alpha value is -0.760. The number of nitrogens with one attached hydrogen (secondary N) is 2. The third-order valence-electron chi connectivity index (χ3n) is 3.79. The number of halogens is 1. The SMILES string of the molecule is CCCN1CCC(NC(=NCc2ccco2)NCC)CC1.I. The van der Waals surface area contributed by atoms with E-state index in [1.54, 1.807) is 6.26 Å². The first kappa shape index (κ1) is 19.3. The smallest absolute Gasteiger partial charge is 0.191 e. The van der Waals surface area contributed by atoms with Gasteiger partial charge in [-0.05, 0) is 44.9 Å². The van der Waals surface area contributed by atoms with Gasteiger partial charge in [0.15, 0.2) is 5.96 Å². The molecule has 1 aliphatic rings. The average molecular weight is 420 g/mol. The number of furan rings is 1. The van der Waals surface area contributed by atoms with Crippen molar-refractivity contribution >= 4 is 29.9 Å². The summed E-state index contributed by atoms with van der Waals surface area (Å²) in [5.41, 5.74) is 0. The van der Waals surface area contributed by atoms with E-state index in [9.17, 15) is 0 Å². The minimum atomic E-state index is 0. The largest absolute Gasteiger partial charge is 0.467 e. The molecule has 0 saturated carbocycles. The van der Waals surface area contributed by atoms with Crippen LogP contribution >= 0.6 is 24.0 Å². The standard InChI is InChI=1S/C16H28N4O.HI/c1-3-9-20-10-7-14(8-11-20)19-16(17-4-2)18-13-15-6-5-12-21-15;/h5-6,12,14H,3-4,7-11,13H2,1-2H3,(H2,17,18,19);1H. The van der Waals surface area contributed by atoms with Crippen molar-refractivity contribution in [2.75, 3.05) is 26.2 Å². The van der Waals surface area contributed by atoms with Crippen molar-refractivity contribution < 1.29 is 4.42 Å². The summed E-state index contributed by atoms with van der Waals surface area (Å²) >= 11 is 0. The maximum atomic E-state index is 5.32. The van der Waals surface area contributed by atoms with Crippen molar-refractivity contribution in [1.29, 1.82) is 0 Å². The molecule has 126 valence electrons. The molecule has 0 spiro atoms. The lowest BCUT2D eigenvalue weighted by molar-refractivity contribution is 0.206. The van der Waals surface area contributed by atoms with E-state index in [2.05, 4.69) is 34.4 Å². The maximum absolute atomic E-state index is 5.32. The van der Waals surface area contributed by atoms with Crippen molar-refractivity contribution in [1.82, 2.24) is 15.5 Å². The van der Waals surface area contributed by atoms with E-state index >= 15 is 0 Å². The lowest BCUT2D eigenvalue weighted by atomic mass is 10.1. The monoisotopic (exact) mass is 420 g/mol. The summed E-state index contributed by atoms with van der Waals surface area (Å²) in [5.74, 6) is 1.79. The Bertz CT molecular complexity index is 414. The number of aliphatic imine (C=N–C) groups is 1. The summed E-state index contributed by atoms with van der Waals surface area (Å²) in [5, 5.41) is 6.86. The first-order valence-corrected chi connectivity index (χ1v) is 8.11. The minimum absolute atomic E-state index is 0. The third-order valence-corrected chi connectivity index (χ3v) is 3.79. The number of hydrogen-bond donors (Lipinski definition) is 2. The van der Waals surface area contributed by atoms with Gasteiger partial charge in [-0.25, -0.2) is 4.99 Å². The average Bonchev–Trinajstić information content (AvgIpc) is 3.01. The van der Waals surface area contributed by atoms with Crippen LogP contribution in [-0.4, -0.2) is 43.1 Å². The highest BCUT2D eigenvalue weighted by Gasteiger charge is 2.19. The number of piperidine rings is 1. The molecule has 0 amide bonds. The van der Waals surface area contributed by atoms with Crippen LogP contribution in [0.25, 0.3) is 0 Å². The quantitative estimate of drug-likeness (QED) is 0.422. The molecule has 0 aliphatic carbocycles. The predicted molar refractivity (Wildman–Crippen MR) is 102 cm³/mol. The first-order chi connectivity index (χ1) is 10.3. The highest BCUT2D eigenvalue weighted by Crippen LogP contribution is 2.10. The van der Waals surface area contributed by atoms with Gasteiger partial charge < -0.3 is 20.0 Å². The van der Waals surface area contributed by atoms with Gasteiger partial charge in [0.25, 0.3) is 0 Å².